The summed E-state index contributed by atoms with van der Waals surface area (Å²) < 4.78 is 1.85. The molecule has 1 aromatic heterocycles. The Labute approximate surface area is 65.6 Å². The summed E-state index contributed by atoms with van der Waals surface area (Å²) in [5, 5.41) is 7.25. The van der Waals surface area contributed by atoms with Crippen molar-refractivity contribution in [2.75, 3.05) is 13.1 Å². The van der Waals surface area contributed by atoms with Gasteiger partial charge in [0.05, 0.1) is 0 Å². The van der Waals surface area contributed by atoms with Crippen LogP contribution in [0.2, 0.25) is 0 Å². The van der Waals surface area contributed by atoms with Gasteiger partial charge in [0.25, 0.3) is 0 Å². The lowest BCUT2D eigenvalue weighted by atomic mass is 9.99. The Balaban J connectivity index is 1.99. The highest BCUT2D eigenvalue weighted by atomic mass is 15.3. The van der Waals surface area contributed by atoms with Crippen LogP contribution in [0.3, 0.4) is 0 Å². The van der Waals surface area contributed by atoms with Gasteiger partial charge in [-0.25, -0.2) is 4.98 Å². The van der Waals surface area contributed by atoms with E-state index in [4.69, 9.17) is 0 Å². The van der Waals surface area contributed by atoms with Crippen LogP contribution < -0.4 is 5.32 Å². The highest BCUT2D eigenvalue weighted by Crippen LogP contribution is 2.08. The van der Waals surface area contributed by atoms with Crippen LogP contribution in [-0.4, -0.2) is 27.9 Å². The maximum atomic E-state index is 4.16. The molecule has 60 valence electrons. The van der Waals surface area contributed by atoms with Gasteiger partial charge in [-0.15, -0.1) is 0 Å². The molecule has 1 aliphatic rings. The fourth-order valence-electron chi connectivity index (χ4n) is 1.26. The van der Waals surface area contributed by atoms with E-state index >= 15 is 0 Å². The number of nitrogens with one attached hydrogen (secondary N) is 1. The van der Waals surface area contributed by atoms with Gasteiger partial charge < -0.3 is 5.32 Å². The molecule has 1 saturated heterocycles. The normalized spacial score (nSPS) is 18.3. The lowest BCUT2D eigenvalue weighted by Crippen LogP contribution is -2.43. The first-order valence-electron chi connectivity index (χ1n) is 3.90. The smallest absolute Gasteiger partial charge is 0.138 e. The predicted octanol–water partition coefficient (Wildman–Crippen LogP) is -0.423. The number of nitrogens with zero attached hydrogens (tertiary/aromatic N) is 3. The molecule has 1 fully saturated rings. The van der Waals surface area contributed by atoms with E-state index in [1.165, 1.54) is 0 Å². The zero-order valence-corrected chi connectivity index (χ0v) is 6.62. The van der Waals surface area contributed by atoms with E-state index < -0.39 is 0 Å². The molecular weight excluding hydrogens is 140 g/mol. The molecule has 4 nitrogen and oxygen atoms in total. The summed E-state index contributed by atoms with van der Waals surface area (Å²) in [5.41, 5.74) is 0. The van der Waals surface area contributed by atoms with Crippen molar-refractivity contribution in [1.82, 2.24) is 20.1 Å². The van der Waals surface area contributed by atoms with Crippen LogP contribution in [0.1, 0.15) is 5.82 Å². The molecule has 4 heteroatoms. The van der Waals surface area contributed by atoms with Gasteiger partial charge in [-0.1, -0.05) is 0 Å². The molecule has 11 heavy (non-hydrogen) atoms. The third-order valence-electron chi connectivity index (χ3n) is 2.14. The first kappa shape index (κ1) is 6.79. The van der Waals surface area contributed by atoms with Crippen molar-refractivity contribution in [3.63, 3.8) is 0 Å². The minimum absolute atomic E-state index is 0.776. The predicted molar refractivity (Wildman–Crippen MR) is 41.1 cm³/mol. The van der Waals surface area contributed by atoms with Gasteiger partial charge in [0, 0.05) is 13.5 Å². The molecule has 0 saturated carbocycles. The first-order valence-corrected chi connectivity index (χ1v) is 3.90. The third-order valence-corrected chi connectivity index (χ3v) is 2.14. The topological polar surface area (TPSA) is 42.7 Å². The highest BCUT2D eigenvalue weighted by molar-refractivity contribution is 4.90. The summed E-state index contributed by atoms with van der Waals surface area (Å²) in [7, 11) is 1.94. The van der Waals surface area contributed by atoms with Gasteiger partial charge in [0.2, 0.25) is 0 Å². The minimum Gasteiger partial charge on any atom is -0.316 e. The molecule has 0 atom stereocenters. The van der Waals surface area contributed by atoms with E-state index in [9.17, 15) is 0 Å². The van der Waals surface area contributed by atoms with Gasteiger partial charge in [0.1, 0.15) is 12.2 Å². The molecule has 0 spiro atoms. The average Bonchev–Trinajstić information content (AvgIpc) is 2.27. The van der Waals surface area contributed by atoms with Gasteiger partial charge in [-0.05, 0) is 19.0 Å². The molecule has 0 aromatic carbocycles. The lowest BCUT2D eigenvalue weighted by molar-refractivity contribution is 0.337. The number of rotatable bonds is 2. The van der Waals surface area contributed by atoms with Gasteiger partial charge in [-0.3, -0.25) is 4.68 Å². The zero-order chi connectivity index (χ0) is 7.68. The fraction of sp³-hybridized carbons (Fsp3) is 0.714. The van der Waals surface area contributed by atoms with Crippen LogP contribution in [0, 0.1) is 5.92 Å². The Kier molecular flexibility index (Phi) is 1.62. The molecule has 2 heterocycles. The van der Waals surface area contributed by atoms with Crippen molar-refractivity contribution in [3.05, 3.63) is 12.2 Å². The van der Waals surface area contributed by atoms with Crippen molar-refractivity contribution in [1.29, 1.82) is 0 Å². The number of aromatic nitrogens is 3. The van der Waals surface area contributed by atoms with Crippen LogP contribution in [-0.2, 0) is 13.5 Å². The van der Waals surface area contributed by atoms with Crippen LogP contribution in [0.4, 0.5) is 0 Å². The van der Waals surface area contributed by atoms with E-state index in [1.807, 2.05) is 11.7 Å². The molecule has 1 N–H and O–H groups in total. The van der Waals surface area contributed by atoms with E-state index in [1.54, 1.807) is 6.33 Å². The third kappa shape index (κ3) is 1.26. The summed E-state index contributed by atoms with van der Waals surface area (Å²) >= 11 is 0. The largest absolute Gasteiger partial charge is 0.316 e. The van der Waals surface area contributed by atoms with Gasteiger partial charge in [-0.2, -0.15) is 5.10 Å². The molecule has 0 bridgehead atoms. The maximum absolute atomic E-state index is 4.16. The number of aryl methyl sites for hydroxylation is 1. The number of hydrogen-bond acceptors (Lipinski definition) is 3. The van der Waals surface area contributed by atoms with Crippen molar-refractivity contribution < 1.29 is 0 Å². The highest BCUT2D eigenvalue weighted by Gasteiger charge is 2.18. The summed E-state index contributed by atoms with van der Waals surface area (Å²) in [6, 6.07) is 0. The summed E-state index contributed by atoms with van der Waals surface area (Å²) in [6.07, 6.45) is 2.67. The Bertz CT molecular complexity index is 238. The molecule has 0 aliphatic carbocycles. The first-order chi connectivity index (χ1) is 5.36. The van der Waals surface area contributed by atoms with E-state index in [2.05, 4.69) is 15.4 Å². The van der Waals surface area contributed by atoms with Crippen LogP contribution in [0.5, 0.6) is 0 Å². The van der Waals surface area contributed by atoms with Gasteiger partial charge >= 0.3 is 0 Å². The maximum Gasteiger partial charge on any atom is 0.138 e. The Hall–Kier alpha value is -0.900. The summed E-state index contributed by atoms with van der Waals surface area (Å²) in [6.45, 7) is 2.26. The van der Waals surface area contributed by atoms with Crippen LogP contribution >= 0.6 is 0 Å². The second kappa shape index (κ2) is 2.62. The SMILES string of the molecule is Cn1ncnc1CC1CNC1. The monoisotopic (exact) mass is 152 g/mol. The van der Waals surface area contributed by atoms with Crippen LogP contribution in [0.25, 0.3) is 0 Å². The summed E-state index contributed by atoms with van der Waals surface area (Å²) in [4.78, 5) is 4.16. The summed E-state index contributed by atoms with van der Waals surface area (Å²) in [5.74, 6) is 1.87. The molecule has 1 aliphatic heterocycles. The van der Waals surface area contributed by atoms with Crippen molar-refractivity contribution in [2.45, 2.75) is 6.42 Å². The molecule has 2 rings (SSSR count). The van der Waals surface area contributed by atoms with E-state index in [0.717, 1.165) is 31.3 Å². The zero-order valence-electron chi connectivity index (χ0n) is 6.62. The standard InChI is InChI=1S/C7H12N4/c1-11-7(9-5-10-11)2-6-3-8-4-6/h5-6,8H,2-4H2,1H3. The van der Waals surface area contributed by atoms with Gasteiger partial charge in [0.15, 0.2) is 0 Å². The Morgan fingerprint density at radius 1 is 1.73 bits per heavy atom. The van der Waals surface area contributed by atoms with Crippen molar-refractivity contribution >= 4 is 0 Å². The Morgan fingerprint density at radius 3 is 3.00 bits per heavy atom. The quantitative estimate of drug-likeness (QED) is 0.625. The van der Waals surface area contributed by atoms with E-state index in [-0.39, 0.29) is 0 Å². The Morgan fingerprint density at radius 2 is 2.55 bits per heavy atom. The van der Waals surface area contributed by atoms with Crippen LogP contribution in [0.15, 0.2) is 6.33 Å². The minimum atomic E-state index is 0.776. The fourth-order valence-corrected chi connectivity index (χ4v) is 1.26. The average molecular weight is 152 g/mol. The molecule has 0 radical (unpaired) electrons. The molecular formula is C7H12N4. The lowest BCUT2D eigenvalue weighted by Gasteiger charge is -2.26. The second-order valence-electron chi connectivity index (χ2n) is 3.03. The second-order valence-corrected chi connectivity index (χ2v) is 3.03. The van der Waals surface area contributed by atoms with Crippen molar-refractivity contribution in [3.8, 4) is 0 Å². The molecule has 0 unspecified atom stereocenters. The molecule has 1 aromatic rings. The van der Waals surface area contributed by atoms with E-state index in [0.29, 0.717) is 0 Å². The van der Waals surface area contributed by atoms with Crippen molar-refractivity contribution in [2.24, 2.45) is 13.0 Å². The molecule has 0 amide bonds. The number of hydrogen-bond donors (Lipinski definition) is 1.